The zero-order valence-corrected chi connectivity index (χ0v) is 12.4. The number of alkyl halides is 4. The van der Waals surface area contributed by atoms with E-state index in [1.54, 1.807) is 13.8 Å². The second kappa shape index (κ2) is 7.39. The molecule has 21 heavy (non-hydrogen) atoms. The molecule has 0 aliphatic rings. The first-order valence-corrected chi connectivity index (χ1v) is 7.63. The summed E-state index contributed by atoms with van der Waals surface area (Å²) < 4.78 is 85.0. The van der Waals surface area contributed by atoms with Gasteiger partial charge in [-0.25, -0.2) is 0 Å². The normalized spacial score (nSPS) is 13.5. The fourth-order valence-electron chi connectivity index (χ4n) is 1.36. The minimum absolute atomic E-state index is 0.0651. The number of esters is 1. The van der Waals surface area contributed by atoms with Gasteiger partial charge in [-0.05, 0) is 18.8 Å². The minimum Gasteiger partial charge on any atom is -0.466 e. The minimum atomic E-state index is -6.20. The van der Waals surface area contributed by atoms with Gasteiger partial charge in [0, 0.05) is 12.8 Å². The summed E-state index contributed by atoms with van der Waals surface area (Å²) in [5.74, 6) is -5.36. The van der Waals surface area contributed by atoms with Crippen LogP contribution in [0.5, 0.6) is 0 Å². The molecule has 0 aromatic rings. The SMILES string of the molecule is CC(C)CC(=O)OCCCCC(F)(F)C(F)(F)S(=O)(=O)O. The van der Waals surface area contributed by atoms with E-state index in [0.717, 1.165) is 0 Å². The van der Waals surface area contributed by atoms with E-state index < -0.39 is 40.1 Å². The second-order valence-electron chi connectivity index (χ2n) is 4.97. The molecular formula is C11H18F4O5S. The van der Waals surface area contributed by atoms with Crippen LogP contribution in [0.3, 0.4) is 0 Å². The van der Waals surface area contributed by atoms with Crippen molar-refractivity contribution in [2.24, 2.45) is 5.92 Å². The maximum Gasteiger partial charge on any atom is 0.431 e. The Hall–Kier alpha value is -0.900. The van der Waals surface area contributed by atoms with Gasteiger partial charge in [0.05, 0.1) is 6.61 Å². The summed E-state index contributed by atoms with van der Waals surface area (Å²) in [5.41, 5.74) is 0. The largest absolute Gasteiger partial charge is 0.466 e. The van der Waals surface area contributed by atoms with Crippen molar-refractivity contribution in [3.63, 3.8) is 0 Å². The van der Waals surface area contributed by atoms with Crippen LogP contribution in [-0.4, -0.2) is 36.7 Å². The fourth-order valence-corrected chi connectivity index (χ4v) is 1.84. The van der Waals surface area contributed by atoms with Crippen LogP contribution in [0.2, 0.25) is 0 Å². The Balaban J connectivity index is 4.21. The van der Waals surface area contributed by atoms with Crippen molar-refractivity contribution in [1.29, 1.82) is 0 Å². The summed E-state index contributed by atoms with van der Waals surface area (Å²) in [5, 5.41) is -5.55. The molecule has 0 aliphatic heterocycles. The molecule has 0 bridgehead atoms. The molecule has 0 aromatic heterocycles. The molecule has 126 valence electrons. The Morgan fingerprint density at radius 2 is 1.71 bits per heavy atom. The number of hydrogen-bond acceptors (Lipinski definition) is 4. The highest BCUT2D eigenvalue weighted by molar-refractivity contribution is 7.87. The third-order valence-electron chi connectivity index (χ3n) is 2.47. The third-order valence-corrected chi connectivity index (χ3v) is 3.42. The van der Waals surface area contributed by atoms with Gasteiger partial charge in [0.15, 0.2) is 0 Å². The monoisotopic (exact) mass is 338 g/mol. The Morgan fingerprint density at radius 1 is 1.19 bits per heavy atom. The van der Waals surface area contributed by atoms with Gasteiger partial charge >= 0.3 is 27.3 Å². The standard InChI is InChI=1S/C11H18F4O5S/c1-8(2)7-9(16)20-6-4-3-5-10(12,13)11(14,15)21(17,18)19/h8H,3-7H2,1-2H3,(H,17,18,19). The van der Waals surface area contributed by atoms with Crippen LogP contribution in [0.1, 0.15) is 39.5 Å². The number of ether oxygens (including phenoxy) is 1. The van der Waals surface area contributed by atoms with E-state index in [9.17, 15) is 30.8 Å². The van der Waals surface area contributed by atoms with Gasteiger partial charge in [-0.15, -0.1) is 0 Å². The van der Waals surface area contributed by atoms with Gasteiger partial charge < -0.3 is 4.74 Å². The fraction of sp³-hybridized carbons (Fsp3) is 0.909. The number of rotatable bonds is 9. The second-order valence-corrected chi connectivity index (χ2v) is 6.43. The van der Waals surface area contributed by atoms with Gasteiger partial charge in [-0.1, -0.05) is 13.8 Å². The molecule has 0 amide bonds. The molecule has 0 rings (SSSR count). The average molecular weight is 338 g/mol. The Bertz CT molecular complexity index is 448. The first kappa shape index (κ1) is 20.1. The molecular weight excluding hydrogens is 320 g/mol. The quantitative estimate of drug-likeness (QED) is 0.303. The van der Waals surface area contributed by atoms with E-state index in [1.807, 2.05) is 0 Å². The summed E-state index contributed by atoms with van der Waals surface area (Å²) in [6.45, 7) is 3.33. The predicted octanol–water partition coefficient (Wildman–Crippen LogP) is 2.86. The molecule has 0 saturated heterocycles. The summed E-state index contributed by atoms with van der Waals surface area (Å²) in [6.07, 6.45) is -1.92. The molecule has 1 N–H and O–H groups in total. The number of halogens is 4. The summed E-state index contributed by atoms with van der Waals surface area (Å²) in [6, 6.07) is 0. The summed E-state index contributed by atoms with van der Waals surface area (Å²) in [4.78, 5) is 11.1. The molecule has 0 aliphatic carbocycles. The molecule has 0 saturated carbocycles. The molecule has 10 heteroatoms. The highest BCUT2D eigenvalue weighted by Gasteiger charge is 2.64. The lowest BCUT2D eigenvalue weighted by Gasteiger charge is -2.23. The molecule has 0 heterocycles. The molecule has 0 fully saturated rings. The van der Waals surface area contributed by atoms with Crippen molar-refractivity contribution >= 4 is 16.1 Å². The van der Waals surface area contributed by atoms with Gasteiger partial charge in [0.25, 0.3) is 0 Å². The molecule has 5 nitrogen and oxygen atoms in total. The van der Waals surface area contributed by atoms with Crippen LogP contribution in [0.4, 0.5) is 17.6 Å². The smallest absolute Gasteiger partial charge is 0.431 e. The first-order valence-electron chi connectivity index (χ1n) is 6.19. The van der Waals surface area contributed by atoms with Crippen molar-refractivity contribution in [3.05, 3.63) is 0 Å². The van der Waals surface area contributed by atoms with E-state index in [0.29, 0.717) is 0 Å². The van der Waals surface area contributed by atoms with Crippen molar-refractivity contribution in [1.82, 2.24) is 0 Å². The lowest BCUT2D eigenvalue weighted by Crippen LogP contribution is -2.46. The number of carbonyl (C=O) groups is 1. The molecule has 0 radical (unpaired) electrons. The van der Waals surface area contributed by atoms with E-state index in [1.165, 1.54) is 0 Å². The summed E-state index contributed by atoms with van der Waals surface area (Å²) in [7, 11) is -6.20. The maximum atomic E-state index is 13.1. The van der Waals surface area contributed by atoms with E-state index in [-0.39, 0.29) is 25.4 Å². The van der Waals surface area contributed by atoms with Crippen LogP contribution >= 0.6 is 0 Å². The molecule has 0 spiro atoms. The van der Waals surface area contributed by atoms with E-state index >= 15 is 0 Å². The van der Waals surface area contributed by atoms with Gasteiger partial charge in [0.1, 0.15) is 0 Å². The molecule has 0 unspecified atom stereocenters. The van der Waals surface area contributed by atoms with Gasteiger partial charge in [0.2, 0.25) is 0 Å². The van der Waals surface area contributed by atoms with E-state index in [2.05, 4.69) is 4.74 Å². The highest BCUT2D eigenvalue weighted by atomic mass is 32.2. The zero-order chi connectivity index (χ0) is 16.9. The summed E-state index contributed by atoms with van der Waals surface area (Å²) >= 11 is 0. The van der Waals surface area contributed by atoms with Crippen LogP contribution in [0.15, 0.2) is 0 Å². The molecule has 0 aromatic carbocycles. The van der Waals surface area contributed by atoms with Crippen molar-refractivity contribution in [2.75, 3.05) is 6.61 Å². The Kier molecular flexibility index (Phi) is 7.07. The lowest BCUT2D eigenvalue weighted by atomic mass is 10.1. The Morgan fingerprint density at radius 3 is 2.14 bits per heavy atom. The van der Waals surface area contributed by atoms with Crippen molar-refractivity contribution < 1.29 is 40.1 Å². The number of carbonyl (C=O) groups excluding carboxylic acids is 1. The van der Waals surface area contributed by atoms with Crippen molar-refractivity contribution in [2.45, 2.75) is 50.7 Å². The van der Waals surface area contributed by atoms with Crippen LogP contribution in [0, 0.1) is 5.92 Å². The molecule has 0 atom stereocenters. The van der Waals surface area contributed by atoms with Crippen LogP contribution < -0.4 is 0 Å². The first-order chi connectivity index (χ1) is 9.31. The van der Waals surface area contributed by atoms with Gasteiger partial charge in [-0.3, -0.25) is 9.35 Å². The topological polar surface area (TPSA) is 80.7 Å². The zero-order valence-electron chi connectivity index (χ0n) is 11.6. The highest BCUT2D eigenvalue weighted by Crippen LogP contribution is 2.41. The van der Waals surface area contributed by atoms with Crippen LogP contribution in [0.25, 0.3) is 0 Å². The van der Waals surface area contributed by atoms with Crippen LogP contribution in [-0.2, 0) is 19.6 Å². The number of unbranched alkanes of at least 4 members (excludes halogenated alkanes) is 1. The van der Waals surface area contributed by atoms with Gasteiger partial charge in [-0.2, -0.15) is 26.0 Å². The van der Waals surface area contributed by atoms with Crippen molar-refractivity contribution in [3.8, 4) is 0 Å². The average Bonchev–Trinajstić information content (AvgIpc) is 2.25. The Labute approximate surface area is 120 Å². The van der Waals surface area contributed by atoms with E-state index in [4.69, 9.17) is 4.55 Å². The lowest BCUT2D eigenvalue weighted by molar-refractivity contribution is -0.165. The number of hydrogen-bond donors (Lipinski definition) is 1. The maximum absolute atomic E-state index is 13.1. The third kappa shape index (κ3) is 6.16. The predicted molar refractivity (Wildman–Crippen MR) is 65.7 cm³/mol.